The zero-order valence-electron chi connectivity index (χ0n) is 15.7. The van der Waals surface area contributed by atoms with E-state index in [2.05, 4.69) is 5.32 Å². The van der Waals surface area contributed by atoms with Crippen molar-refractivity contribution < 1.29 is 27.4 Å². The fourth-order valence-electron chi connectivity index (χ4n) is 2.88. The number of fused-ring (bicyclic) bond motifs is 1. The molecule has 0 radical (unpaired) electrons. The van der Waals surface area contributed by atoms with Crippen molar-refractivity contribution in [1.29, 1.82) is 0 Å². The van der Waals surface area contributed by atoms with Crippen LogP contribution in [0.15, 0.2) is 17.0 Å². The predicted octanol–water partition coefficient (Wildman–Crippen LogP) is 1.37. The van der Waals surface area contributed by atoms with Gasteiger partial charge in [-0.2, -0.15) is 0 Å². The smallest absolute Gasteiger partial charge is 0.269 e. The largest absolute Gasteiger partial charge is 0.493 e. The van der Waals surface area contributed by atoms with Gasteiger partial charge in [-0.05, 0) is 25.5 Å². The first-order valence-corrected chi connectivity index (χ1v) is 9.39. The first kappa shape index (κ1) is 20.1. The van der Waals surface area contributed by atoms with Crippen LogP contribution in [-0.4, -0.2) is 55.4 Å². The van der Waals surface area contributed by atoms with E-state index in [0.29, 0.717) is 28.3 Å². The lowest BCUT2D eigenvalue weighted by molar-refractivity contribution is -0.117. The lowest BCUT2D eigenvalue weighted by atomic mass is 10.0. The molecule has 8 nitrogen and oxygen atoms in total. The molecule has 9 heteroatoms. The Morgan fingerprint density at radius 3 is 2.31 bits per heavy atom. The minimum atomic E-state index is -4.01. The molecule has 0 saturated carbocycles. The third-order valence-electron chi connectivity index (χ3n) is 4.20. The highest BCUT2D eigenvalue weighted by atomic mass is 32.2. The Hall–Kier alpha value is -2.26. The normalized spacial score (nSPS) is 16.8. The fourth-order valence-corrected chi connectivity index (χ4v) is 4.35. The van der Waals surface area contributed by atoms with E-state index in [-0.39, 0.29) is 17.6 Å². The number of nitrogens with one attached hydrogen (secondary N) is 1. The monoisotopic (exact) mass is 384 g/mol. The van der Waals surface area contributed by atoms with Crippen molar-refractivity contribution in [1.82, 2.24) is 5.32 Å². The lowest BCUT2D eigenvalue weighted by Gasteiger charge is -2.30. The second-order valence-electron chi connectivity index (χ2n) is 5.98. The molecular weight excluding hydrogens is 360 g/mol. The van der Waals surface area contributed by atoms with Crippen molar-refractivity contribution in [3.63, 3.8) is 0 Å². The van der Waals surface area contributed by atoms with Gasteiger partial charge in [-0.1, -0.05) is 0 Å². The van der Waals surface area contributed by atoms with Crippen LogP contribution in [0.5, 0.6) is 11.5 Å². The highest BCUT2D eigenvalue weighted by molar-refractivity contribution is 7.97. The van der Waals surface area contributed by atoms with Crippen LogP contribution >= 0.6 is 0 Å². The van der Waals surface area contributed by atoms with Gasteiger partial charge in [0.15, 0.2) is 16.4 Å². The van der Waals surface area contributed by atoms with Gasteiger partial charge in [0.25, 0.3) is 15.9 Å². The summed E-state index contributed by atoms with van der Waals surface area (Å²) in [5.74, 6) is 0.188. The summed E-state index contributed by atoms with van der Waals surface area (Å²) in [5, 5.41) is 2.66. The van der Waals surface area contributed by atoms with Crippen molar-refractivity contribution >= 4 is 27.2 Å². The Morgan fingerprint density at radius 1 is 1.19 bits per heavy atom. The number of allylic oxidation sites excluding steroid dienone is 1. The minimum absolute atomic E-state index is 0.273. The summed E-state index contributed by atoms with van der Waals surface area (Å²) in [5.41, 5.74) is 1.35. The van der Waals surface area contributed by atoms with Gasteiger partial charge in [-0.25, -0.2) is 8.42 Å². The molecule has 1 aromatic rings. The van der Waals surface area contributed by atoms with Crippen LogP contribution in [0, 0.1) is 0 Å². The molecule has 0 saturated heterocycles. The molecule has 0 aromatic heterocycles. The average molecular weight is 384 g/mol. The van der Waals surface area contributed by atoms with Crippen molar-refractivity contribution in [3.05, 3.63) is 22.6 Å². The van der Waals surface area contributed by atoms with E-state index in [4.69, 9.17) is 14.2 Å². The van der Waals surface area contributed by atoms with Crippen molar-refractivity contribution in [3.8, 4) is 11.5 Å². The summed E-state index contributed by atoms with van der Waals surface area (Å²) in [6.07, 6.45) is 0. The maximum Gasteiger partial charge on any atom is 0.269 e. The Morgan fingerprint density at radius 2 is 1.77 bits per heavy atom. The van der Waals surface area contributed by atoms with E-state index in [1.165, 1.54) is 28.4 Å². The summed E-state index contributed by atoms with van der Waals surface area (Å²) >= 11 is 0. The molecule has 1 unspecified atom stereocenters. The fraction of sp³-hybridized carbons (Fsp3) is 0.471. The van der Waals surface area contributed by atoms with Gasteiger partial charge < -0.3 is 19.5 Å². The standard InChI is InChI=1S/C17H24N2O6S/c1-10(9-23-4)18-17(20)16-11(2)12-7-14(24-5)15(25-6)8-13(12)19(3)26(16,21)22/h7-8,10H,9H2,1-6H3,(H,18,20). The summed E-state index contributed by atoms with van der Waals surface area (Å²) in [6, 6.07) is 2.91. The summed E-state index contributed by atoms with van der Waals surface area (Å²) in [6.45, 7) is 3.61. The quantitative estimate of drug-likeness (QED) is 0.796. The van der Waals surface area contributed by atoms with E-state index in [1.54, 1.807) is 26.0 Å². The number of amides is 1. The Kier molecular flexibility index (Phi) is 5.82. The highest BCUT2D eigenvalue weighted by Crippen LogP contribution is 2.44. The highest BCUT2D eigenvalue weighted by Gasteiger charge is 2.38. The van der Waals surface area contributed by atoms with Crippen LogP contribution in [0.3, 0.4) is 0 Å². The molecular formula is C17H24N2O6S. The number of sulfonamides is 1. The second-order valence-corrected chi connectivity index (χ2v) is 7.89. The van der Waals surface area contributed by atoms with Crippen LogP contribution in [0.25, 0.3) is 5.57 Å². The van der Waals surface area contributed by atoms with Crippen LogP contribution < -0.4 is 19.1 Å². The van der Waals surface area contributed by atoms with Gasteiger partial charge in [0, 0.05) is 31.8 Å². The minimum Gasteiger partial charge on any atom is -0.493 e. The number of carbonyl (C=O) groups is 1. The Balaban J connectivity index is 2.63. The van der Waals surface area contributed by atoms with Gasteiger partial charge in [0.1, 0.15) is 0 Å². The number of anilines is 1. The topological polar surface area (TPSA) is 94.2 Å². The van der Waals surface area contributed by atoms with E-state index < -0.39 is 15.9 Å². The molecule has 26 heavy (non-hydrogen) atoms. The summed E-state index contributed by atoms with van der Waals surface area (Å²) in [4.78, 5) is 12.4. The number of hydrogen-bond donors (Lipinski definition) is 1. The van der Waals surface area contributed by atoms with Crippen LogP contribution in [0.4, 0.5) is 5.69 Å². The lowest BCUT2D eigenvalue weighted by Crippen LogP contribution is -2.42. The number of carbonyl (C=O) groups excluding carboxylic acids is 1. The van der Waals surface area contributed by atoms with E-state index >= 15 is 0 Å². The van der Waals surface area contributed by atoms with Gasteiger partial charge in [-0.15, -0.1) is 0 Å². The van der Waals surface area contributed by atoms with Gasteiger partial charge in [0.2, 0.25) is 0 Å². The van der Waals surface area contributed by atoms with Crippen molar-refractivity contribution in [2.24, 2.45) is 0 Å². The molecule has 0 aliphatic carbocycles. The molecule has 1 heterocycles. The summed E-state index contributed by atoms with van der Waals surface area (Å²) < 4.78 is 42.5. The molecule has 2 rings (SSSR count). The van der Waals surface area contributed by atoms with E-state index in [1.807, 2.05) is 0 Å². The maximum absolute atomic E-state index is 12.9. The van der Waals surface area contributed by atoms with Gasteiger partial charge in [-0.3, -0.25) is 9.10 Å². The third-order valence-corrected chi connectivity index (χ3v) is 6.13. The zero-order valence-corrected chi connectivity index (χ0v) is 16.6. The van der Waals surface area contributed by atoms with Crippen molar-refractivity contribution in [2.45, 2.75) is 19.9 Å². The molecule has 1 aliphatic heterocycles. The molecule has 144 valence electrons. The Labute approximate surface area is 153 Å². The van der Waals surface area contributed by atoms with Crippen LogP contribution in [-0.2, 0) is 19.6 Å². The number of rotatable bonds is 6. The van der Waals surface area contributed by atoms with Crippen molar-refractivity contribution in [2.75, 3.05) is 39.3 Å². The number of ether oxygens (including phenoxy) is 3. The first-order chi connectivity index (χ1) is 12.2. The van der Waals surface area contributed by atoms with Gasteiger partial charge in [0.05, 0.1) is 26.5 Å². The first-order valence-electron chi connectivity index (χ1n) is 7.95. The SMILES string of the molecule is COCC(C)NC(=O)C1=C(C)c2cc(OC)c(OC)cc2N(C)S1(=O)=O. The number of nitrogens with zero attached hydrogens (tertiary/aromatic N) is 1. The molecule has 1 N–H and O–H groups in total. The van der Waals surface area contributed by atoms with Gasteiger partial charge >= 0.3 is 0 Å². The van der Waals surface area contributed by atoms with E-state index in [0.717, 1.165) is 4.31 Å². The number of benzene rings is 1. The van der Waals surface area contributed by atoms with Crippen LogP contribution in [0.1, 0.15) is 19.4 Å². The third kappa shape index (κ3) is 3.36. The van der Waals surface area contributed by atoms with Crippen LogP contribution in [0.2, 0.25) is 0 Å². The molecule has 1 aliphatic rings. The predicted molar refractivity (Wildman–Crippen MR) is 98.9 cm³/mol. The molecule has 0 fully saturated rings. The molecule has 1 amide bonds. The molecule has 0 spiro atoms. The number of methoxy groups -OCH3 is 3. The Bertz CT molecular complexity index is 847. The zero-order chi connectivity index (χ0) is 19.6. The summed E-state index contributed by atoms with van der Waals surface area (Å²) in [7, 11) is 1.87. The number of hydrogen-bond acceptors (Lipinski definition) is 6. The maximum atomic E-state index is 12.9. The second kappa shape index (κ2) is 7.55. The molecule has 0 bridgehead atoms. The van der Waals surface area contributed by atoms with E-state index in [9.17, 15) is 13.2 Å². The average Bonchev–Trinajstić information content (AvgIpc) is 2.58. The molecule has 1 aromatic carbocycles. The molecule has 1 atom stereocenters.